The molecule has 0 N–H and O–H groups in total. The Balaban J connectivity index is 2.18. The van der Waals surface area contributed by atoms with E-state index in [1.54, 1.807) is 18.2 Å². The Morgan fingerprint density at radius 1 is 1.05 bits per heavy atom. The third kappa shape index (κ3) is 3.04. The van der Waals surface area contributed by atoms with Crippen LogP contribution in [0.25, 0.3) is 0 Å². The molecule has 0 fully saturated rings. The number of nitrogens with zero attached hydrogens (tertiary/aromatic N) is 2. The molecule has 0 aliphatic heterocycles. The number of nitro benzene ring substituents is 1. The van der Waals surface area contributed by atoms with Crippen molar-refractivity contribution in [3.63, 3.8) is 0 Å². The van der Waals surface area contributed by atoms with E-state index in [4.69, 9.17) is 4.42 Å². The van der Waals surface area contributed by atoms with Gasteiger partial charge in [0.25, 0.3) is 5.69 Å². The Morgan fingerprint density at radius 2 is 1.74 bits per heavy atom. The van der Waals surface area contributed by atoms with Gasteiger partial charge >= 0.3 is 5.88 Å². The summed E-state index contributed by atoms with van der Waals surface area (Å²) in [6.07, 6.45) is 0. The van der Waals surface area contributed by atoms with Gasteiger partial charge in [0.15, 0.2) is 12.8 Å². The largest absolute Gasteiger partial charge is 0.421 e. The second kappa shape index (κ2) is 5.14. The van der Waals surface area contributed by atoms with Crippen molar-refractivity contribution in [1.29, 1.82) is 0 Å². The summed E-state index contributed by atoms with van der Waals surface area (Å²) in [6, 6.07) is 8.96. The predicted molar refractivity (Wildman–Crippen MR) is 67.0 cm³/mol. The summed E-state index contributed by atoms with van der Waals surface area (Å²) < 4.78 is 5.75. The van der Waals surface area contributed by atoms with Crippen LogP contribution in [0, 0.1) is 26.9 Å². The van der Waals surface area contributed by atoms with Crippen LogP contribution < -0.4 is 0 Å². The van der Waals surface area contributed by atoms with E-state index in [1.165, 1.54) is 25.2 Å². The Kier molecular flexibility index (Phi) is 3.39. The molecule has 0 aliphatic rings. The fourth-order valence-electron chi connectivity index (χ4n) is 1.36. The van der Waals surface area contributed by atoms with Crippen molar-refractivity contribution in [2.24, 2.45) is 0 Å². The SMILES string of the molecule is C[N+](=O)c1ccc(C#Cc2ccc([N+](=O)[O-])cc2)o1. The van der Waals surface area contributed by atoms with Crippen molar-refractivity contribution >= 4 is 11.6 Å². The average Bonchev–Trinajstić information content (AvgIpc) is 2.86. The Morgan fingerprint density at radius 3 is 2.26 bits per heavy atom. The highest BCUT2D eigenvalue weighted by molar-refractivity contribution is 5.44. The zero-order valence-corrected chi connectivity index (χ0v) is 9.99. The number of hydrogen-bond donors (Lipinski definition) is 0. The van der Waals surface area contributed by atoms with Gasteiger partial charge in [0.2, 0.25) is 0 Å². The predicted octanol–water partition coefficient (Wildman–Crippen LogP) is 2.63. The van der Waals surface area contributed by atoms with Gasteiger partial charge in [-0.15, -0.1) is 0 Å². The number of benzene rings is 1. The summed E-state index contributed by atoms with van der Waals surface area (Å²) in [7, 11) is 1.33. The fourth-order valence-corrected chi connectivity index (χ4v) is 1.36. The van der Waals surface area contributed by atoms with E-state index in [9.17, 15) is 15.0 Å². The van der Waals surface area contributed by atoms with Gasteiger partial charge in [-0.2, -0.15) is 0 Å². The van der Waals surface area contributed by atoms with Crippen LogP contribution in [0.15, 0.2) is 40.8 Å². The van der Waals surface area contributed by atoms with E-state index in [1.807, 2.05) is 0 Å². The lowest BCUT2D eigenvalue weighted by Gasteiger charge is -1.90. The highest BCUT2D eigenvalue weighted by atomic mass is 16.6. The van der Waals surface area contributed by atoms with E-state index < -0.39 is 4.92 Å². The number of rotatable bonds is 2. The first kappa shape index (κ1) is 12.5. The minimum atomic E-state index is -0.472. The lowest BCUT2D eigenvalue weighted by molar-refractivity contribution is -0.444. The molecule has 1 aromatic heterocycles. The van der Waals surface area contributed by atoms with Crippen molar-refractivity contribution in [1.82, 2.24) is 0 Å². The number of nitro groups is 1. The van der Waals surface area contributed by atoms with Gasteiger partial charge in [-0.1, -0.05) is 5.92 Å². The number of furan rings is 1. The molecule has 0 spiro atoms. The van der Waals surface area contributed by atoms with Crippen LogP contribution in [0.4, 0.5) is 11.6 Å². The Bertz CT molecular complexity index is 689. The van der Waals surface area contributed by atoms with Crippen LogP contribution in [0.2, 0.25) is 0 Å². The van der Waals surface area contributed by atoms with E-state index in [2.05, 4.69) is 11.8 Å². The summed E-state index contributed by atoms with van der Waals surface area (Å²) in [6.45, 7) is 0. The lowest BCUT2D eigenvalue weighted by Crippen LogP contribution is -1.87. The second-order valence-electron chi connectivity index (χ2n) is 3.69. The van der Waals surface area contributed by atoms with E-state index >= 15 is 0 Å². The van der Waals surface area contributed by atoms with Crippen LogP contribution in [0.5, 0.6) is 0 Å². The maximum absolute atomic E-state index is 10.9. The van der Waals surface area contributed by atoms with Crippen molar-refractivity contribution in [2.45, 2.75) is 0 Å². The van der Waals surface area contributed by atoms with Gasteiger partial charge in [-0.05, 0) is 18.1 Å². The molecule has 2 rings (SSSR count). The van der Waals surface area contributed by atoms with Crippen molar-refractivity contribution < 1.29 is 14.1 Å². The minimum Gasteiger partial charge on any atom is -0.393 e. The van der Waals surface area contributed by atoms with Gasteiger partial charge in [-0.25, -0.2) is 0 Å². The smallest absolute Gasteiger partial charge is 0.393 e. The molecular weight excluding hydrogens is 248 g/mol. The molecule has 0 radical (unpaired) electrons. The van der Waals surface area contributed by atoms with Gasteiger partial charge in [0.1, 0.15) is 0 Å². The van der Waals surface area contributed by atoms with Gasteiger partial charge in [0.05, 0.1) is 15.7 Å². The van der Waals surface area contributed by atoms with Gasteiger partial charge in [0, 0.05) is 28.7 Å². The summed E-state index contributed by atoms with van der Waals surface area (Å²) in [5.41, 5.74) is 0.637. The topological polar surface area (TPSA) is 76.4 Å². The van der Waals surface area contributed by atoms with Crippen LogP contribution in [0.1, 0.15) is 11.3 Å². The molecule has 6 heteroatoms. The first-order chi connectivity index (χ1) is 9.06. The summed E-state index contributed by atoms with van der Waals surface area (Å²) in [5.74, 6) is 6.06. The van der Waals surface area contributed by atoms with Crippen LogP contribution >= 0.6 is 0 Å². The molecule has 0 amide bonds. The normalized spacial score (nSPS) is 9.53. The Hall–Kier alpha value is -2.94. The summed E-state index contributed by atoms with van der Waals surface area (Å²) in [5, 5.41) is 10.5. The third-order valence-electron chi connectivity index (χ3n) is 2.31. The number of nitroso groups, excluding NO2 is 1. The molecule has 0 saturated heterocycles. The third-order valence-corrected chi connectivity index (χ3v) is 2.31. The first-order valence-electron chi connectivity index (χ1n) is 5.33. The zero-order valence-electron chi connectivity index (χ0n) is 9.99. The summed E-state index contributed by atoms with van der Waals surface area (Å²) >= 11 is 0. The van der Waals surface area contributed by atoms with Crippen molar-refractivity contribution in [3.8, 4) is 11.8 Å². The van der Waals surface area contributed by atoms with E-state index in [0.717, 1.165) is 0 Å². The highest BCUT2D eigenvalue weighted by Crippen LogP contribution is 2.14. The molecule has 2 aromatic rings. The molecule has 94 valence electrons. The fraction of sp³-hybridized carbons (Fsp3) is 0.0769. The molecule has 6 nitrogen and oxygen atoms in total. The number of non-ortho nitro benzene ring substituents is 1. The number of hydrogen-bond acceptors (Lipinski definition) is 4. The maximum Gasteiger partial charge on any atom is 0.421 e. The van der Waals surface area contributed by atoms with Crippen LogP contribution in [0.3, 0.4) is 0 Å². The zero-order chi connectivity index (χ0) is 13.8. The molecule has 0 bridgehead atoms. The maximum atomic E-state index is 10.9. The van der Waals surface area contributed by atoms with Gasteiger partial charge < -0.3 is 4.42 Å². The monoisotopic (exact) mass is 257 g/mol. The molecule has 1 aromatic carbocycles. The molecule has 19 heavy (non-hydrogen) atoms. The van der Waals surface area contributed by atoms with Crippen LogP contribution in [-0.2, 0) is 0 Å². The first-order valence-corrected chi connectivity index (χ1v) is 5.33. The van der Waals surface area contributed by atoms with Crippen LogP contribution in [-0.4, -0.2) is 16.7 Å². The second-order valence-corrected chi connectivity index (χ2v) is 3.69. The lowest BCUT2D eigenvalue weighted by atomic mass is 10.2. The van der Waals surface area contributed by atoms with E-state index in [0.29, 0.717) is 16.1 Å². The average molecular weight is 257 g/mol. The van der Waals surface area contributed by atoms with Gasteiger partial charge in [-0.3, -0.25) is 10.1 Å². The molecule has 0 saturated carbocycles. The quantitative estimate of drug-likeness (QED) is 0.358. The molecule has 0 aliphatic carbocycles. The van der Waals surface area contributed by atoms with E-state index in [-0.39, 0.29) is 11.6 Å². The summed E-state index contributed by atoms with van der Waals surface area (Å²) in [4.78, 5) is 21.0. The molecule has 1 heterocycles. The molecular formula is C13H9N2O4+. The minimum absolute atomic E-state index is 0.0128. The standard InChI is InChI=1S/C13H9N2O4/c1-14(16)13-9-8-12(19-13)7-4-10-2-5-11(6-3-10)15(17)18/h2-3,5-6,8-9H,1H3/q+1. The van der Waals surface area contributed by atoms with Crippen molar-refractivity contribution in [3.05, 3.63) is 62.7 Å². The highest BCUT2D eigenvalue weighted by Gasteiger charge is 2.11. The Labute approximate surface area is 108 Å². The molecule has 0 atom stereocenters. The molecule has 0 unspecified atom stereocenters. The van der Waals surface area contributed by atoms with Crippen molar-refractivity contribution in [2.75, 3.05) is 7.05 Å².